The van der Waals surface area contributed by atoms with E-state index in [-0.39, 0.29) is 18.5 Å². The minimum Gasteiger partial charge on any atom is -0.370 e. The van der Waals surface area contributed by atoms with Crippen LogP contribution in [0, 0.1) is 0 Å². The van der Waals surface area contributed by atoms with Crippen LogP contribution in [0.4, 0.5) is 0 Å². The van der Waals surface area contributed by atoms with Crippen molar-refractivity contribution in [2.75, 3.05) is 0 Å². The molecule has 136 valence electrons. The first-order valence-corrected chi connectivity index (χ1v) is 9.75. The molecule has 0 spiro atoms. The normalized spacial score (nSPS) is 11.3. The molecule has 4 aromatic rings. The highest BCUT2D eigenvalue weighted by atomic mass is 32.1. The van der Waals surface area contributed by atoms with E-state index < -0.39 is 5.91 Å². The number of nitrogens with two attached hydrogens (primary N) is 1. The van der Waals surface area contributed by atoms with Crippen molar-refractivity contribution in [3.8, 4) is 11.1 Å². The van der Waals surface area contributed by atoms with E-state index in [1.54, 1.807) is 4.57 Å². The maximum atomic E-state index is 13.2. The van der Waals surface area contributed by atoms with Crippen molar-refractivity contribution in [2.45, 2.75) is 26.3 Å². The first-order chi connectivity index (χ1) is 13.1. The standard InChI is InChI=1S/C21H19N3O2S/c1-2-18-23-20-19(21(26)24(18)10-9-17(22)25)16(12-27-20)15-8-7-13-5-3-4-6-14(13)11-15/h3-8,11-12H,2,9-10H2,1H3,(H2,22,25). The van der Waals surface area contributed by atoms with Gasteiger partial charge < -0.3 is 5.73 Å². The Morgan fingerprint density at radius 2 is 1.96 bits per heavy atom. The molecule has 1 amide bonds. The van der Waals surface area contributed by atoms with Crippen LogP contribution in [0.1, 0.15) is 19.2 Å². The number of thiophene rings is 1. The summed E-state index contributed by atoms with van der Waals surface area (Å²) in [6.45, 7) is 2.21. The number of carbonyl (C=O) groups is 1. The van der Waals surface area contributed by atoms with Crippen molar-refractivity contribution in [3.05, 3.63) is 64.0 Å². The lowest BCUT2D eigenvalue weighted by molar-refractivity contribution is -0.118. The van der Waals surface area contributed by atoms with Crippen molar-refractivity contribution in [1.82, 2.24) is 9.55 Å². The van der Waals surface area contributed by atoms with E-state index in [0.717, 1.165) is 26.7 Å². The SMILES string of the molecule is CCc1nc2scc(-c3ccc4ccccc4c3)c2c(=O)n1CCC(N)=O. The van der Waals surface area contributed by atoms with Crippen LogP contribution in [0.25, 0.3) is 32.1 Å². The number of hydrogen-bond acceptors (Lipinski definition) is 4. The largest absolute Gasteiger partial charge is 0.370 e. The Kier molecular flexibility index (Phi) is 4.49. The third-order valence-electron chi connectivity index (χ3n) is 4.73. The average molecular weight is 377 g/mol. The zero-order chi connectivity index (χ0) is 19.0. The lowest BCUT2D eigenvalue weighted by Crippen LogP contribution is -2.27. The van der Waals surface area contributed by atoms with Crippen LogP contribution in [0.3, 0.4) is 0 Å². The zero-order valence-corrected chi connectivity index (χ0v) is 15.8. The van der Waals surface area contributed by atoms with Gasteiger partial charge in [-0.2, -0.15) is 0 Å². The van der Waals surface area contributed by atoms with Gasteiger partial charge in [-0.05, 0) is 22.4 Å². The molecule has 0 atom stereocenters. The summed E-state index contributed by atoms with van der Waals surface area (Å²) in [6, 6.07) is 14.3. The van der Waals surface area contributed by atoms with Crippen LogP contribution >= 0.6 is 11.3 Å². The monoisotopic (exact) mass is 377 g/mol. The Morgan fingerprint density at radius 1 is 1.19 bits per heavy atom. The van der Waals surface area contributed by atoms with E-state index in [4.69, 9.17) is 5.73 Å². The molecule has 0 saturated heterocycles. The smallest absolute Gasteiger partial charge is 0.262 e. The van der Waals surface area contributed by atoms with Gasteiger partial charge in [-0.3, -0.25) is 14.2 Å². The molecule has 0 saturated carbocycles. The predicted molar refractivity (Wildman–Crippen MR) is 110 cm³/mol. The predicted octanol–water partition coefficient (Wildman–Crippen LogP) is 3.72. The molecule has 2 aromatic carbocycles. The van der Waals surface area contributed by atoms with Gasteiger partial charge in [0.05, 0.1) is 5.39 Å². The number of rotatable bonds is 5. The lowest BCUT2D eigenvalue weighted by atomic mass is 10.0. The minimum atomic E-state index is -0.427. The fourth-order valence-corrected chi connectivity index (χ4v) is 4.31. The number of primary amides is 1. The molecule has 0 radical (unpaired) electrons. The summed E-state index contributed by atoms with van der Waals surface area (Å²) in [7, 11) is 0. The number of nitrogens with zero attached hydrogens (tertiary/aromatic N) is 2. The third-order valence-corrected chi connectivity index (χ3v) is 5.60. The maximum absolute atomic E-state index is 13.2. The van der Waals surface area contributed by atoms with Gasteiger partial charge in [-0.15, -0.1) is 11.3 Å². The van der Waals surface area contributed by atoms with Crippen molar-refractivity contribution in [1.29, 1.82) is 0 Å². The number of hydrogen-bond donors (Lipinski definition) is 1. The van der Waals surface area contributed by atoms with Crippen molar-refractivity contribution < 1.29 is 4.79 Å². The second-order valence-corrected chi connectivity index (χ2v) is 7.30. The molecule has 0 aliphatic heterocycles. The molecule has 0 unspecified atom stereocenters. The van der Waals surface area contributed by atoms with E-state index in [1.807, 2.05) is 30.5 Å². The molecule has 0 bridgehead atoms. The topological polar surface area (TPSA) is 78.0 Å². The molecule has 2 N–H and O–H groups in total. The second-order valence-electron chi connectivity index (χ2n) is 6.45. The Balaban J connectivity index is 1.92. The molecular formula is C21H19N3O2S. The molecule has 0 aliphatic rings. The van der Waals surface area contributed by atoms with Gasteiger partial charge in [0.2, 0.25) is 5.91 Å². The summed E-state index contributed by atoms with van der Waals surface area (Å²) >= 11 is 1.47. The molecule has 0 fully saturated rings. The summed E-state index contributed by atoms with van der Waals surface area (Å²) in [5, 5.41) is 4.88. The van der Waals surface area contributed by atoms with Crippen LogP contribution < -0.4 is 11.3 Å². The number of amides is 1. The summed E-state index contributed by atoms with van der Waals surface area (Å²) in [4.78, 5) is 29.8. The fraction of sp³-hybridized carbons (Fsp3) is 0.190. The molecule has 2 aromatic heterocycles. The van der Waals surface area contributed by atoms with Crippen LogP contribution in [0.15, 0.2) is 52.6 Å². The highest BCUT2D eigenvalue weighted by molar-refractivity contribution is 7.17. The third kappa shape index (κ3) is 3.13. The molecule has 0 aliphatic carbocycles. The fourth-order valence-electron chi connectivity index (χ4n) is 3.36. The number of aryl methyl sites for hydroxylation is 1. The van der Waals surface area contributed by atoms with Gasteiger partial charge in [-0.25, -0.2) is 4.98 Å². The van der Waals surface area contributed by atoms with Crippen LogP contribution in [0.5, 0.6) is 0 Å². The molecule has 5 nitrogen and oxygen atoms in total. The van der Waals surface area contributed by atoms with E-state index in [1.165, 1.54) is 11.3 Å². The van der Waals surface area contributed by atoms with Crippen molar-refractivity contribution in [2.24, 2.45) is 5.73 Å². The van der Waals surface area contributed by atoms with Gasteiger partial charge >= 0.3 is 0 Å². The van der Waals surface area contributed by atoms with Crippen LogP contribution in [0.2, 0.25) is 0 Å². The van der Waals surface area contributed by atoms with E-state index >= 15 is 0 Å². The quantitative estimate of drug-likeness (QED) is 0.576. The molecule has 6 heteroatoms. The number of benzene rings is 2. The Labute approximate surface area is 160 Å². The Hall–Kier alpha value is -2.99. The molecular weight excluding hydrogens is 358 g/mol. The lowest BCUT2D eigenvalue weighted by Gasteiger charge is -2.11. The Morgan fingerprint density at radius 3 is 2.70 bits per heavy atom. The number of aromatic nitrogens is 2. The van der Waals surface area contributed by atoms with Crippen LogP contribution in [-0.4, -0.2) is 15.5 Å². The van der Waals surface area contributed by atoms with Gasteiger partial charge in [0, 0.05) is 30.3 Å². The van der Waals surface area contributed by atoms with Crippen LogP contribution in [-0.2, 0) is 17.8 Å². The first kappa shape index (κ1) is 17.4. The highest BCUT2D eigenvalue weighted by Gasteiger charge is 2.17. The van der Waals surface area contributed by atoms with Gasteiger partial charge in [0.25, 0.3) is 5.56 Å². The minimum absolute atomic E-state index is 0.109. The Bertz CT molecular complexity index is 1220. The number of carbonyl (C=O) groups excluding carboxylic acids is 1. The first-order valence-electron chi connectivity index (χ1n) is 8.87. The highest BCUT2D eigenvalue weighted by Crippen LogP contribution is 2.32. The second kappa shape index (κ2) is 6.96. The maximum Gasteiger partial charge on any atom is 0.262 e. The number of fused-ring (bicyclic) bond motifs is 2. The van der Waals surface area contributed by atoms with E-state index in [2.05, 4.69) is 29.2 Å². The van der Waals surface area contributed by atoms with Gasteiger partial charge in [-0.1, -0.05) is 43.3 Å². The zero-order valence-electron chi connectivity index (χ0n) is 14.9. The summed E-state index contributed by atoms with van der Waals surface area (Å²) in [5.74, 6) is 0.254. The molecule has 4 rings (SSSR count). The summed E-state index contributed by atoms with van der Waals surface area (Å²) in [5.41, 5.74) is 7.04. The summed E-state index contributed by atoms with van der Waals surface area (Å²) < 4.78 is 1.59. The molecule has 27 heavy (non-hydrogen) atoms. The summed E-state index contributed by atoms with van der Waals surface area (Å²) in [6.07, 6.45) is 0.739. The van der Waals surface area contributed by atoms with Gasteiger partial charge in [0.1, 0.15) is 10.7 Å². The van der Waals surface area contributed by atoms with E-state index in [0.29, 0.717) is 17.6 Å². The molecule has 2 heterocycles. The average Bonchev–Trinajstić information content (AvgIpc) is 3.10. The van der Waals surface area contributed by atoms with Gasteiger partial charge in [0.15, 0.2) is 0 Å². The van der Waals surface area contributed by atoms with Crippen molar-refractivity contribution >= 4 is 38.2 Å². The van der Waals surface area contributed by atoms with E-state index in [9.17, 15) is 9.59 Å². The van der Waals surface area contributed by atoms with Crippen molar-refractivity contribution in [3.63, 3.8) is 0 Å².